The van der Waals surface area contributed by atoms with Crippen molar-refractivity contribution in [3.8, 4) is 0 Å². The Balaban J connectivity index is 2.30. The molecule has 5 nitrogen and oxygen atoms in total. The quantitative estimate of drug-likeness (QED) is 0.885. The van der Waals surface area contributed by atoms with Crippen molar-refractivity contribution in [2.75, 3.05) is 24.7 Å². The van der Waals surface area contributed by atoms with Gasteiger partial charge in [0.15, 0.2) is 0 Å². The molecule has 0 radical (unpaired) electrons. The van der Waals surface area contributed by atoms with Crippen molar-refractivity contribution < 1.29 is 9.53 Å². The molecule has 1 unspecified atom stereocenters. The highest BCUT2D eigenvalue weighted by Crippen LogP contribution is 2.27. The van der Waals surface area contributed by atoms with Crippen molar-refractivity contribution in [2.45, 2.75) is 32.5 Å². The minimum atomic E-state index is -0.357. The van der Waals surface area contributed by atoms with E-state index in [0.29, 0.717) is 31.3 Å². The van der Waals surface area contributed by atoms with Crippen LogP contribution in [0.3, 0.4) is 0 Å². The van der Waals surface area contributed by atoms with E-state index >= 15 is 0 Å². The van der Waals surface area contributed by atoms with Gasteiger partial charge in [-0.2, -0.15) is 0 Å². The summed E-state index contributed by atoms with van der Waals surface area (Å²) in [5, 5.41) is 3.58. The zero-order chi connectivity index (χ0) is 15.4. The minimum Gasteiger partial charge on any atom is -0.377 e. The molecule has 1 saturated heterocycles. The first-order valence-electron chi connectivity index (χ1n) is 7.16. The van der Waals surface area contributed by atoms with E-state index in [-0.39, 0.29) is 18.0 Å². The SMILES string of the molecule is CC(C)NC(=O)C1COCCN1c1cc(Cl)ccc1CN. The number of nitrogens with one attached hydrogen (secondary N) is 1. The number of hydrogen-bond donors (Lipinski definition) is 2. The van der Waals surface area contributed by atoms with E-state index in [9.17, 15) is 4.79 Å². The smallest absolute Gasteiger partial charge is 0.245 e. The molecule has 0 aliphatic carbocycles. The fourth-order valence-corrected chi connectivity index (χ4v) is 2.63. The lowest BCUT2D eigenvalue weighted by atomic mass is 10.1. The van der Waals surface area contributed by atoms with Crippen molar-refractivity contribution in [3.63, 3.8) is 0 Å². The maximum atomic E-state index is 12.4. The van der Waals surface area contributed by atoms with Gasteiger partial charge in [0.05, 0.1) is 13.2 Å². The molecule has 116 valence electrons. The third-order valence-electron chi connectivity index (χ3n) is 3.44. The summed E-state index contributed by atoms with van der Waals surface area (Å²) in [7, 11) is 0. The molecular formula is C15H22ClN3O2. The first-order chi connectivity index (χ1) is 10.0. The van der Waals surface area contributed by atoms with Gasteiger partial charge in [-0.05, 0) is 31.5 Å². The van der Waals surface area contributed by atoms with Gasteiger partial charge in [-0.25, -0.2) is 0 Å². The van der Waals surface area contributed by atoms with Crippen molar-refractivity contribution >= 4 is 23.2 Å². The summed E-state index contributed by atoms with van der Waals surface area (Å²) in [5.74, 6) is -0.0346. The number of anilines is 1. The summed E-state index contributed by atoms with van der Waals surface area (Å²) in [6.45, 7) is 5.89. The number of carbonyl (C=O) groups is 1. The van der Waals surface area contributed by atoms with Crippen LogP contribution in [0, 0.1) is 0 Å². The van der Waals surface area contributed by atoms with Crippen molar-refractivity contribution in [1.82, 2.24) is 5.32 Å². The highest BCUT2D eigenvalue weighted by Gasteiger charge is 2.31. The number of halogens is 1. The Morgan fingerprint density at radius 2 is 2.33 bits per heavy atom. The number of rotatable bonds is 4. The predicted octanol–water partition coefficient (Wildman–Crippen LogP) is 1.53. The molecule has 1 heterocycles. The van der Waals surface area contributed by atoms with Gasteiger partial charge in [-0.1, -0.05) is 17.7 Å². The Hall–Kier alpha value is -1.30. The van der Waals surface area contributed by atoms with Crippen LogP contribution in [0.5, 0.6) is 0 Å². The number of nitrogens with two attached hydrogens (primary N) is 1. The van der Waals surface area contributed by atoms with Gasteiger partial charge >= 0.3 is 0 Å². The molecule has 3 N–H and O–H groups in total. The van der Waals surface area contributed by atoms with Crippen LogP contribution in [0.25, 0.3) is 0 Å². The fraction of sp³-hybridized carbons (Fsp3) is 0.533. The van der Waals surface area contributed by atoms with Gasteiger partial charge in [-0.15, -0.1) is 0 Å². The van der Waals surface area contributed by atoms with E-state index in [2.05, 4.69) is 5.32 Å². The van der Waals surface area contributed by atoms with Crippen LogP contribution in [-0.4, -0.2) is 37.7 Å². The second-order valence-corrected chi connectivity index (χ2v) is 5.86. The van der Waals surface area contributed by atoms with E-state index in [1.54, 1.807) is 0 Å². The molecule has 1 aromatic carbocycles. The fourth-order valence-electron chi connectivity index (χ4n) is 2.47. The van der Waals surface area contributed by atoms with Crippen molar-refractivity contribution in [2.24, 2.45) is 5.73 Å². The maximum absolute atomic E-state index is 12.4. The first kappa shape index (κ1) is 16.1. The maximum Gasteiger partial charge on any atom is 0.245 e. The average Bonchev–Trinajstić information content (AvgIpc) is 2.46. The summed E-state index contributed by atoms with van der Waals surface area (Å²) in [6.07, 6.45) is 0. The Morgan fingerprint density at radius 1 is 1.57 bits per heavy atom. The Labute approximate surface area is 130 Å². The van der Waals surface area contributed by atoms with E-state index in [4.69, 9.17) is 22.1 Å². The molecule has 6 heteroatoms. The lowest BCUT2D eigenvalue weighted by Gasteiger charge is -2.37. The zero-order valence-electron chi connectivity index (χ0n) is 12.4. The molecule has 1 aromatic rings. The van der Waals surface area contributed by atoms with Gasteiger partial charge in [0.1, 0.15) is 6.04 Å². The molecule has 1 aliphatic heterocycles. The van der Waals surface area contributed by atoms with Crippen LogP contribution in [0.4, 0.5) is 5.69 Å². The topological polar surface area (TPSA) is 67.6 Å². The minimum absolute atomic E-state index is 0.0346. The van der Waals surface area contributed by atoms with Gasteiger partial charge in [0.2, 0.25) is 5.91 Å². The highest BCUT2D eigenvalue weighted by molar-refractivity contribution is 6.30. The summed E-state index contributed by atoms with van der Waals surface area (Å²) >= 11 is 6.11. The molecule has 0 saturated carbocycles. The Bertz CT molecular complexity index is 508. The van der Waals surface area contributed by atoms with E-state index in [1.165, 1.54) is 0 Å². The molecule has 0 aromatic heterocycles. The van der Waals surface area contributed by atoms with Gasteiger partial charge in [-0.3, -0.25) is 4.79 Å². The molecule has 21 heavy (non-hydrogen) atoms. The normalized spacial score (nSPS) is 18.9. The summed E-state index contributed by atoms with van der Waals surface area (Å²) in [4.78, 5) is 14.4. The second kappa shape index (κ2) is 7.11. The predicted molar refractivity (Wildman–Crippen MR) is 84.6 cm³/mol. The monoisotopic (exact) mass is 311 g/mol. The summed E-state index contributed by atoms with van der Waals surface area (Å²) in [5.41, 5.74) is 7.70. The number of amides is 1. The van der Waals surface area contributed by atoms with Gasteiger partial charge in [0, 0.05) is 29.8 Å². The number of hydrogen-bond acceptors (Lipinski definition) is 4. The third-order valence-corrected chi connectivity index (χ3v) is 3.67. The molecule has 0 spiro atoms. The van der Waals surface area contributed by atoms with E-state index in [0.717, 1.165) is 11.3 Å². The molecule has 1 aliphatic rings. The third kappa shape index (κ3) is 3.87. The molecule has 0 bridgehead atoms. The summed E-state index contributed by atoms with van der Waals surface area (Å²) in [6, 6.07) is 5.33. The van der Waals surface area contributed by atoms with Crippen LogP contribution in [-0.2, 0) is 16.1 Å². The standard InChI is InChI=1S/C15H22ClN3O2/c1-10(2)18-15(20)14-9-21-6-5-19(14)13-7-12(16)4-3-11(13)8-17/h3-4,7,10,14H,5-6,8-9,17H2,1-2H3,(H,18,20). The molecule has 1 fully saturated rings. The van der Waals surface area contributed by atoms with Crippen LogP contribution in [0.1, 0.15) is 19.4 Å². The molecule has 1 amide bonds. The molecule has 1 atom stereocenters. The molecular weight excluding hydrogens is 290 g/mol. The van der Waals surface area contributed by atoms with Crippen molar-refractivity contribution in [3.05, 3.63) is 28.8 Å². The number of morpholine rings is 1. The zero-order valence-corrected chi connectivity index (χ0v) is 13.2. The number of nitrogens with zero attached hydrogens (tertiary/aromatic N) is 1. The van der Waals surface area contributed by atoms with Crippen LogP contribution >= 0.6 is 11.6 Å². The lowest BCUT2D eigenvalue weighted by Crippen LogP contribution is -2.55. The molecule has 2 rings (SSSR count). The Morgan fingerprint density at radius 3 is 3.00 bits per heavy atom. The lowest BCUT2D eigenvalue weighted by molar-refractivity contribution is -0.125. The van der Waals surface area contributed by atoms with E-state index in [1.807, 2.05) is 36.9 Å². The van der Waals surface area contributed by atoms with Crippen molar-refractivity contribution in [1.29, 1.82) is 0 Å². The second-order valence-electron chi connectivity index (χ2n) is 5.42. The van der Waals surface area contributed by atoms with Crippen LogP contribution in [0.15, 0.2) is 18.2 Å². The summed E-state index contributed by atoms with van der Waals surface area (Å²) < 4.78 is 5.47. The van der Waals surface area contributed by atoms with Crippen LogP contribution in [0.2, 0.25) is 5.02 Å². The highest BCUT2D eigenvalue weighted by atomic mass is 35.5. The van der Waals surface area contributed by atoms with Gasteiger partial charge in [0.25, 0.3) is 0 Å². The first-order valence-corrected chi connectivity index (χ1v) is 7.54. The van der Waals surface area contributed by atoms with E-state index < -0.39 is 0 Å². The van der Waals surface area contributed by atoms with Crippen LogP contribution < -0.4 is 16.0 Å². The largest absolute Gasteiger partial charge is 0.377 e. The number of benzene rings is 1. The Kier molecular flexibility index (Phi) is 5.45. The van der Waals surface area contributed by atoms with Gasteiger partial charge < -0.3 is 20.7 Å². The average molecular weight is 312 g/mol. The number of ether oxygens (including phenoxy) is 1. The number of carbonyl (C=O) groups excluding carboxylic acids is 1.